The van der Waals surface area contributed by atoms with Crippen molar-refractivity contribution < 1.29 is 17.2 Å². The van der Waals surface area contributed by atoms with Gasteiger partial charge in [0.2, 0.25) is 10.4 Å². The summed E-state index contributed by atoms with van der Waals surface area (Å²) in [7, 11) is -4.48. The Bertz CT molecular complexity index is 250. The molecule has 0 aliphatic heterocycles. The van der Waals surface area contributed by atoms with E-state index >= 15 is 0 Å². The molecule has 0 aromatic rings. The lowest BCUT2D eigenvalue weighted by atomic mass is 10.1. The zero-order valence-electron chi connectivity index (χ0n) is 10.8. The SMILES string of the molecule is C.CCCCCCCCCCCCOS(=O)(=O)[O-]. The Hall–Kier alpha value is -0.130. The third-order valence-corrected chi connectivity index (χ3v) is 3.18. The molecule has 0 amide bonds. The highest BCUT2D eigenvalue weighted by Gasteiger charge is 1.95. The molecule has 0 aliphatic rings. The molecule has 0 atom stereocenters. The van der Waals surface area contributed by atoms with Gasteiger partial charge in [-0.25, -0.2) is 8.42 Å². The van der Waals surface area contributed by atoms with E-state index in [1.807, 2.05) is 0 Å². The van der Waals surface area contributed by atoms with Gasteiger partial charge in [0.1, 0.15) is 0 Å². The lowest BCUT2D eigenvalue weighted by Crippen LogP contribution is -2.05. The maximum atomic E-state index is 10.1. The van der Waals surface area contributed by atoms with Crippen LogP contribution in [0.3, 0.4) is 0 Å². The van der Waals surface area contributed by atoms with E-state index in [9.17, 15) is 13.0 Å². The molecule has 18 heavy (non-hydrogen) atoms. The van der Waals surface area contributed by atoms with Gasteiger partial charge in [0.05, 0.1) is 6.61 Å². The maximum Gasteiger partial charge on any atom is 0.217 e. The molecule has 5 heteroatoms. The van der Waals surface area contributed by atoms with E-state index in [-0.39, 0.29) is 14.0 Å². The van der Waals surface area contributed by atoms with Crippen molar-refractivity contribution >= 4 is 10.4 Å². The molecule has 0 fully saturated rings. The first-order valence-electron chi connectivity index (χ1n) is 6.66. The highest BCUT2D eigenvalue weighted by atomic mass is 32.3. The lowest BCUT2D eigenvalue weighted by molar-refractivity contribution is 0.255. The first kappa shape index (κ1) is 20.2. The summed E-state index contributed by atoms with van der Waals surface area (Å²) in [6.07, 6.45) is 11.7. The molecule has 112 valence electrons. The summed E-state index contributed by atoms with van der Waals surface area (Å²) < 4.78 is 34.5. The van der Waals surface area contributed by atoms with Gasteiger partial charge in [0.25, 0.3) is 0 Å². The second-order valence-corrected chi connectivity index (χ2v) is 5.46. The van der Waals surface area contributed by atoms with Crippen LogP contribution < -0.4 is 0 Å². The smallest absolute Gasteiger partial charge is 0.217 e. The monoisotopic (exact) mass is 281 g/mol. The number of hydrogen-bond acceptors (Lipinski definition) is 4. The van der Waals surface area contributed by atoms with E-state index in [2.05, 4.69) is 11.1 Å². The van der Waals surface area contributed by atoms with E-state index in [0.29, 0.717) is 6.42 Å². The summed E-state index contributed by atoms with van der Waals surface area (Å²) >= 11 is 0. The van der Waals surface area contributed by atoms with Gasteiger partial charge in [-0.2, -0.15) is 0 Å². The topological polar surface area (TPSA) is 66.4 Å². The summed E-state index contributed by atoms with van der Waals surface area (Å²) in [6.45, 7) is 2.24. The van der Waals surface area contributed by atoms with Crippen LogP contribution in [0.25, 0.3) is 0 Å². The fourth-order valence-electron chi connectivity index (χ4n) is 1.75. The Morgan fingerprint density at radius 2 is 1.22 bits per heavy atom. The van der Waals surface area contributed by atoms with Crippen LogP contribution in [0.5, 0.6) is 0 Å². The second-order valence-electron chi connectivity index (χ2n) is 4.41. The Labute approximate surface area is 113 Å². The third-order valence-electron chi connectivity index (χ3n) is 2.73. The first-order valence-corrected chi connectivity index (χ1v) is 8.00. The van der Waals surface area contributed by atoms with Gasteiger partial charge in [0.15, 0.2) is 0 Å². The quantitative estimate of drug-likeness (QED) is 0.308. The predicted molar refractivity (Wildman–Crippen MR) is 74.2 cm³/mol. The summed E-state index contributed by atoms with van der Waals surface area (Å²) in [5.74, 6) is 0. The van der Waals surface area contributed by atoms with Crippen LogP contribution in [0.15, 0.2) is 0 Å². The van der Waals surface area contributed by atoms with Crippen molar-refractivity contribution in [3.05, 3.63) is 0 Å². The van der Waals surface area contributed by atoms with E-state index in [1.165, 1.54) is 44.9 Å². The fourth-order valence-corrected chi connectivity index (χ4v) is 2.07. The predicted octanol–water partition coefficient (Wildman–Crippen LogP) is 4.02. The normalized spacial score (nSPS) is 11.2. The molecule has 0 saturated heterocycles. The standard InChI is InChI=1S/C12H26O4S.CH4/c1-2-3-4-5-6-7-8-9-10-11-12-16-17(13,14)15;/h2-12H2,1H3,(H,13,14,15);1H4/p-1. The van der Waals surface area contributed by atoms with E-state index < -0.39 is 10.4 Å². The highest BCUT2D eigenvalue weighted by molar-refractivity contribution is 7.80. The van der Waals surface area contributed by atoms with Crippen molar-refractivity contribution in [1.29, 1.82) is 0 Å². The molecule has 0 spiro atoms. The number of unbranched alkanes of at least 4 members (excludes halogenated alkanes) is 9. The first-order chi connectivity index (χ1) is 8.06. The minimum atomic E-state index is -4.48. The van der Waals surface area contributed by atoms with Crippen LogP contribution in [0.4, 0.5) is 0 Å². The van der Waals surface area contributed by atoms with Crippen molar-refractivity contribution in [3.8, 4) is 0 Å². The summed E-state index contributed by atoms with van der Waals surface area (Å²) in [5.41, 5.74) is 0. The van der Waals surface area contributed by atoms with Gasteiger partial charge in [0, 0.05) is 0 Å². The molecule has 0 aliphatic carbocycles. The van der Waals surface area contributed by atoms with Crippen molar-refractivity contribution in [3.63, 3.8) is 0 Å². The van der Waals surface area contributed by atoms with Crippen molar-refractivity contribution in [2.45, 2.75) is 78.6 Å². The number of hydrogen-bond donors (Lipinski definition) is 0. The molecular formula is C13H29O4S-. The summed E-state index contributed by atoms with van der Waals surface area (Å²) in [5, 5.41) is 0. The van der Waals surface area contributed by atoms with Crippen molar-refractivity contribution in [2.75, 3.05) is 6.61 Å². The molecule has 0 N–H and O–H groups in total. The fraction of sp³-hybridized carbons (Fsp3) is 1.00. The van der Waals surface area contributed by atoms with Gasteiger partial charge < -0.3 is 4.55 Å². The van der Waals surface area contributed by atoms with E-state index in [4.69, 9.17) is 0 Å². The molecule has 0 bridgehead atoms. The summed E-state index contributed by atoms with van der Waals surface area (Å²) in [6, 6.07) is 0. The van der Waals surface area contributed by atoms with Crippen LogP contribution >= 0.6 is 0 Å². The maximum absolute atomic E-state index is 10.1. The van der Waals surface area contributed by atoms with Crippen LogP contribution in [0, 0.1) is 0 Å². The largest absolute Gasteiger partial charge is 0.726 e. The summed E-state index contributed by atoms with van der Waals surface area (Å²) in [4.78, 5) is 0. The zero-order chi connectivity index (χ0) is 13.0. The minimum absolute atomic E-state index is 0. The second kappa shape index (κ2) is 13.3. The van der Waals surface area contributed by atoms with Crippen molar-refractivity contribution in [2.24, 2.45) is 0 Å². The molecule has 0 saturated carbocycles. The minimum Gasteiger partial charge on any atom is -0.726 e. The van der Waals surface area contributed by atoms with Crippen LogP contribution in [-0.2, 0) is 14.6 Å². The Morgan fingerprint density at radius 1 is 0.833 bits per heavy atom. The van der Waals surface area contributed by atoms with Gasteiger partial charge in [-0.15, -0.1) is 0 Å². The van der Waals surface area contributed by atoms with E-state index in [1.54, 1.807) is 0 Å². The average Bonchev–Trinajstić information content (AvgIpc) is 2.24. The zero-order valence-corrected chi connectivity index (χ0v) is 11.6. The lowest BCUT2D eigenvalue weighted by Gasteiger charge is -2.06. The van der Waals surface area contributed by atoms with Crippen LogP contribution in [-0.4, -0.2) is 19.6 Å². The van der Waals surface area contributed by atoms with Crippen LogP contribution in [0.1, 0.15) is 78.6 Å². The molecule has 0 heterocycles. The third kappa shape index (κ3) is 18.2. The number of rotatable bonds is 12. The van der Waals surface area contributed by atoms with Gasteiger partial charge in [-0.1, -0.05) is 72.1 Å². The molecule has 0 radical (unpaired) electrons. The Kier molecular flexibility index (Phi) is 14.9. The Morgan fingerprint density at radius 3 is 1.61 bits per heavy atom. The molecule has 0 rings (SSSR count). The van der Waals surface area contributed by atoms with Crippen molar-refractivity contribution in [1.82, 2.24) is 0 Å². The van der Waals surface area contributed by atoms with Gasteiger partial charge >= 0.3 is 0 Å². The Balaban J connectivity index is 0. The van der Waals surface area contributed by atoms with Gasteiger partial charge in [-0.3, -0.25) is 4.18 Å². The molecule has 4 nitrogen and oxygen atoms in total. The molecular weight excluding hydrogens is 252 g/mol. The van der Waals surface area contributed by atoms with E-state index in [0.717, 1.165) is 12.8 Å². The molecule has 0 aromatic heterocycles. The molecule has 0 unspecified atom stereocenters. The van der Waals surface area contributed by atoms with Crippen LogP contribution in [0.2, 0.25) is 0 Å². The average molecular weight is 281 g/mol. The highest BCUT2D eigenvalue weighted by Crippen LogP contribution is 2.10. The molecule has 0 aromatic carbocycles. The van der Waals surface area contributed by atoms with Gasteiger partial charge in [-0.05, 0) is 6.42 Å².